The highest BCUT2D eigenvalue weighted by Crippen LogP contribution is 2.12. The summed E-state index contributed by atoms with van der Waals surface area (Å²) in [5.41, 5.74) is 0.844. The van der Waals surface area contributed by atoms with Crippen LogP contribution in [0.3, 0.4) is 0 Å². The topological polar surface area (TPSA) is 56.3 Å². The second-order valence-electron chi connectivity index (χ2n) is 3.79. The molecule has 5 heteroatoms. The highest BCUT2D eigenvalue weighted by atomic mass is 16.5. The largest absolute Gasteiger partial charge is 0.376 e. The number of rotatable bonds is 5. The minimum absolute atomic E-state index is 0.268. The average molecular weight is 223 g/mol. The van der Waals surface area contributed by atoms with Gasteiger partial charge in [0.25, 0.3) is 0 Å². The number of aromatic nitrogens is 2. The maximum atomic E-state index is 5.53. The van der Waals surface area contributed by atoms with Crippen molar-refractivity contribution < 1.29 is 9.47 Å². The Bertz CT molecular complexity index is 310. The van der Waals surface area contributed by atoms with Crippen molar-refractivity contribution in [2.24, 2.45) is 0 Å². The van der Waals surface area contributed by atoms with E-state index in [4.69, 9.17) is 9.47 Å². The van der Waals surface area contributed by atoms with Gasteiger partial charge in [-0.1, -0.05) is 0 Å². The fourth-order valence-corrected chi connectivity index (χ4v) is 1.63. The molecule has 1 aromatic heterocycles. The Morgan fingerprint density at radius 1 is 1.50 bits per heavy atom. The van der Waals surface area contributed by atoms with Crippen LogP contribution >= 0.6 is 0 Å². The first kappa shape index (κ1) is 11.3. The maximum absolute atomic E-state index is 5.53. The lowest BCUT2D eigenvalue weighted by molar-refractivity contribution is 0.00958. The quantitative estimate of drug-likeness (QED) is 0.813. The lowest BCUT2D eigenvalue weighted by atomic mass is 10.2. The molecular weight excluding hydrogens is 206 g/mol. The average Bonchev–Trinajstić information content (AvgIpc) is 2.83. The number of nitrogens with zero attached hydrogens (tertiary/aromatic N) is 2. The molecular formula is C11H17N3O2. The van der Waals surface area contributed by atoms with E-state index in [9.17, 15) is 0 Å². The van der Waals surface area contributed by atoms with Crippen molar-refractivity contribution in [1.82, 2.24) is 9.97 Å². The molecule has 0 bridgehead atoms. The Labute approximate surface area is 95.2 Å². The van der Waals surface area contributed by atoms with Crippen LogP contribution in [-0.4, -0.2) is 36.3 Å². The van der Waals surface area contributed by atoms with Gasteiger partial charge in [-0.15, -0.1) is 0 Å². The van der Waals surface area contributed by atoms with Gasteiger partial charge in [0.05, 0.1) is 37.4 Å². The third-order valence-corrected chi connectivity index (χ3v) is 2.54. The lowest BCUT2D eigenvalue weighted by Crippen LogP contribution is -2.14. The third-order valence-electron chi connectivity index (χ3n) is 2.54. The summed E-state index contributed by atoms with van der Waals surface area (Å²) in [4.78, 5) is 8.39. The Morgan fingerprint density at radius 3 is 3.06 bits per heavy atom. The van der Waals surface area contributed by atoms with Gasteiger partial charge < -0.3 is 14.8 Å². The lowest BCUT2D eigenvalue weighted by Gasteiger charge is -2.09. The van der Waals surface area contributed by atoms with E-state index >= 15 is 0 Å². The van der Waals surface area contributed by atoms with E-state index in [0.717, 1.165) is 31.0 Å². The summed E-state index contributed by atoms with van der Waals surface area (Å²) in [6.45, 7) is 2.01. The molecule has 88 valence electrons. The van der Waals surface area contributed by atoms with Crippen LogP contribution in [0.5, 0.6) is 0 Å². The summed E-state index contributed by atoms with van der Waals surface area (Å²) in [6.07, 6.45) is 5.94. The molecule has 1 aliphatic heterocycles. The van der Waals surface area contributed by atoms with Crippen LogP contribution in [0.2, 0.25) is 0 Å². The van der Waals surface area contributed by atoms with Gasteiger partial charge in [0.15, 0.2) is 0 Å². The van der Waals surface area contributed by atoms with Gasteiger partial charge in [-0.3, -0.25) is 4.98 Å². The van der Waals surface area contributed by atoms with Crippen molar-refractivity contribution >= 4 is 5.82 Å². The van der Waals surface area contributed by atoms with E-state index in [2.05, 4.69) is 15.3 Å². The predicted molar refractivity (Wildman–Crippen MR) is 60.2 cm³/mol. The summed E-state index contributed by atoms with van der Waals surface area (Å²) < 4.78 is 11.0. The Morgan fingerprint density at radius 2 is 2.44 bits per heavy atom. The van der Waals surface area contributed by atoms with Crippen LogP contribution in [0, 0.1) is 0 Å². The van der Waals surface area contributed by atoms with Gasteiger partial charge in [-0.05, 0) is 12.8 Å². The molecule has 1 aromatic rings. The normalized spacial score (nSPS) is 19.9. The summed E-state index contributed by atoms with van der Waals surface area (Å²) in [6, 6.07) is 0. The molecule has 16 heavy (non-hydrogen) atoms. The Kier molecular flexibility index (Phi) is 4.07. The second kappa shape index (κ2) is 5.77. The first-order valence-electron chi connectivity index (χ1n) is 5.56. The van der Waals surface area contributed by atoms with E-state index < -0.39 is 0 Å². The number of ether oxygens (including phenoxy) is 2. The monoisotopic (exact) mass is 223 g/mol. The van der Waals surface area contributed by atoms with Gasteiger partial charge in [-0.25, -0.2) is 4.98 Å². The Hall–Kier alpha value is -1.20. The van der Waals surface area contributed by atoms with Crippen LogP contribution < -0.4 is 5.32 Å². The zero-order chi connectivity index (χ0) is 11.2. The number of anilines is 1. The van der Waals surface area contributed by atoms with Crippen molar-refractivity contribution in [1.29, 1.82) is 0 Å². The molecule has 1 unspecified atom stereocenters. The molecule has 0 saturated carbocycles. The maximum Gasteiger partial charge on any atom is 0.144 e. The van der Waals surface area contributed by atoms with Crippen LogP contribution in [-0.2, 0) is 16.1 Å². The standard InChI is InChI=1S/C11H17N3O2/c1-12-11-6-13-9(5-14-11)7-15-8-10-3-2-4-16-10/h5-6,10H,2-4,7-8H2,1H3,(H,12,14). The minimum Gasteiger partial charge on any atom is -0.376 e. The van der Waals surface area contributed by atoms with E-state index in [1.165, 1.54) is 0 Å². The number of nitrogens with one attached hydrogen (secondary N) is 1. The smallest absolute Gasteiger partial charge is 0.144 e. The van der Waals surface area contributed by atoms with Crippen molar-refractivity contribution in [2.45, 2.75) is 25.6 Å². The minimum atomic E-state index is 0.268. The summed E-state index contributed by atoms with van der Waals surface area (Å²) in [7, 11) is 1.82. The van der Waals surface area contributed by atoms with E-state index in [1.54, 1.807) is 12.4 Å². The first-order valence-corrected chi connectivity index (χ1v) is 5.56. The van der Waals surface area contributed by atoms with Crippen LogP contribution in [0.15, 0.2) is 12.4 Å². The van der Waals surface area contributed by atoms with Gasteiger partial charge in [0.1, 0.15) is 5.82 Å². The SMILES string of the molecule is CNc1cnc(COCC2CCCO2)cn1. The molecule has 5 nitrogen and oxygen atoms in total. The molecule has 2 heterocycles. The van der Waals surface area contributed by atoms with Crippen molar-refractivity contribution in [3.63, 3.8) is 0 Å². The van der Waals surface area contributed by atoms with Crippen molar-refractivity contribution in [3.8, 4) is 0 Å². The van der Waals surface area contributed by atoms with Gasteiger partial charge in [-0.2, -0.15) is 0 Å². The van der Waals surface area contributed by atoms with Gasteiger partial charge in [0, 0.05) is 13.7 Å². The molecule has 1 saturated heterocycles. The second-order valence-corrected chi connectivity index (χ2v) is 3.79. The van der Waals surface area contributed by atoms with Crippen LogP contribution in [0.1, 0.15) is 18.5 Å². The number of hydrogen-bond donors (Lipinski definition) is 1. The van der Waals surface area contributed by atoms with Crippen molar-refractivity contribution in [2.75, 3.05) is 25.6 Å². The van der Waals surface area contributed by atoms with E-state index in [-0.39, 0.29) is 6.10 Å². The highest BCUT2D eigenvalue weighted by Gasteiger charge is 2.15. The first-order chi connectivity index (χ1) is 7.88. The molecule has 1 fully saturated rings. The fourth-order valence-electron chi connectivity index (χ4n) is 1.63. The fraction of sp³-hybridized carbons (Fsp3) is 0.636. The summed E-state index contributed by atoms with van der Waals surface area (Å²) in [5, 5.41) is 2.92. The molecule has 0 aromatic carbocycles. The van der Waals surface area contributed by atoms with E-state index in [0.29, 0.717) is 13.2 Å². The highest BCUT2D eigenvalue weighted by molar-refractivity contribution is 5.29. The number of hydrogen-bond acceptors (Lipinski definition) is 5. The van der Waals surface area contributed by atoms with Crippen molar-refractivity contribution in [3.05, 3.63) is 18.1 Å². The summed E-state index contributed by atoms with van der Waals surface area (Å²) in [5.74, 6) is 0.767. The third kappa shape index (κ3) is 3.15. The molecule has 1 aliphatic rings. The molecule has 1 atom stereocenters. The molecule has 0 spiro atoms. The predicted octanol–water partition coefficient (Wildman–Crippen LogP) is 1.21. The van der Waals surface area contributed by atoms with E-state index in [1.807, 2.05) is 7.05 Å². The molecule has 0 radical (unpaired) electrons. The molecule has 0 amide bonds. The molecule has 0 aliphatic carbocycles. The Balaban J connectivity index is 1.71. The van der Waals surface area contributed by atoms with Gasteiger partial charge >= 0.3 is 0 Å². The van der Waals surface area contributed by atoms with Crippen LogP contribution in [0.25, 0.3) is 0 Å². The zero-order valence-corrected chi connectivity index (χ0v) is 9.48. The molecule has 2 rings (SSSR count). The zero-order valence-electron chi connectivity index (χ0n) is 9.48. The van der Waals surface area contributed by atoms with Gasteiger partial charge in [0.2, 0.25) is 0 Å². The summed E-state index contributed by atoms with van der Waals surface area (Å²) >= 11 is 0. The molecule has 1 N–H and O–H groups in total. The van der Waals surface area contributed by atoms with Crippen LogP contribution in [0.4, 0.5) is 5.82 Å².